The molecular weight excluding hydrogens is 269 g/mol. The first kappa shape index (κ1) is 15.5. The van der Waals surface area contributed by atoms with Gasteiger partial charge in [0.05, 0.1) is 12.2 Å². The first-order chi connectivity index (χ1) is 10.2. The third-order valence-electron chi connectivity index (χ3n) is 3.72. The Bertz CT molecular complexity index is 554. The number of carbonyl (C=O) groups is 1. The molecule has 0 saturated heterocycles. The van der Waals surface area contributed by atoms with E-state index in [1.54, 1.807) is 6.07 Å². The number of rotatable bonds is 4. The summed E-state index contributed by atoms with van der Waals surface area (Å²) in [7, 11) is 0. The van der Waals surface area contributed by atoms with Crippen molar-refractivity contribution in [3.8, 4) is 11.8 Å². The summed E-state index contributed by atoms with van der Waals surface area (Å²) in [5.41, 5.74) is 0.564. The summed E-state index contributed by atoms with van der Waals surface area (Å²) in [5, 5.41) is 11.5. The Labute approximate surface area is 124 Å². The summed E-state index contributed by atoms with van der Waals surface area (Å²) in [6.45, 7) is 0.620. The van der Waals surface area contributed by atoms with Gasteiger partial charge in [0, 0.05) is 18.5 Å². The van der Waals surface area contributed by atoms with Crippen LogP contribution in [0.25, 0.3) is 0 Å². The van der Waals surface area contributed by atoms with Gasteiger partial charge in [0.25, 0.3) is 5.91 Å². The molecule has 0 atom stereocenters. The smallest absolute Gasteiger partial charge is 0.251 e. The van der Waals surface area contributed by atoms with Crippen molar-refractivity contribution < 1.29 is 14.3 Å². The first-order valence-electron chi connectivity index (χ1n) is 7.38. The van der Waals surface area contributed by atoms with Crippen LogP contribution < -0.4 is 5.32 Å². The van der Waals surface area contributed by atoms with E-state index in [4.69, 9.17) is 5.11 Å². The van der Waals surface area contributed by atoms with Gasteiger partial charge in [-0.2, -0.15) is 0 Å². The Hall–Kier alpha value is -1.86. The zero-order chi connectivity index (χ0) is 15.1. The minimum absolute atomic E-state index is 0.0454. The number of benzene rings is 1. The molecule has 112 valence electrons. The first-order valence-corrected chi connectivity index (χ1v) is 7.38. The van der Waals surface area contributed by atoms with Gasteiger partial charge in [0.2, 0.25) is 0 Å². The Balaban J connectivity index is 1.95. The second-order valence-corrected chi connectivity index (χ2v) is 5.33. The highest BCUT2D eigenvalue weighted by Crippen LogP contribution is 2.23. The maximum absolute atomic E-state index is 13.8. The van der Waals surface area contributed by atoms with Gasteiger partial charge < -0.3 is 10.4 Å². The third-order valence-corrected chi connectivity index (χ3v) is 3.72. The van der Waals surface area contributed by atoms with Crippen LogP contribution in [-0.4, -0.2) is 24.2 Å². The van der Waals surface area contributed by atoms with Crippen LogP contribution in [0, 0.1) is 23.6 Å². The summed E-state index contributed by atoms with van der Waals surface area (Å²) >= 11 is 0. The number of nitrogens with one attached hydrogen (secondary N) is 1. The molecule has 0 unspecified atom stereocenters. The van der Waals surface area contributed by atoms with Gasteiger partial charge in [-0.1, -0.05) is 24.7 Å². The molecule has 0 radical (unpaired) electrons. The lowest BCUT2D eigenvalue weighted by molar-refractivity contribution is 0.0947. The molecule has 3 nitrogen and oxygen atoms in total. The fourth-order valence-electron chi connectivity index (χ4n) is 2.52. The highest BCUT2D eigenvalue weighted by atomic mass is 19.1. The molecule has 0 spiro atoms. The molecule has 1 aromatic rings. The van der Waals surface area contributed by atoms with Gasteiger partial charge in [0.1, 0.15) is 5.82 Å². The van der Waals surface area contributed by atoms with E-state index < -0.39 is 5.82 Å². The van der Waals surface area contributed by atoms with Gasteiger partial charge in [-0.3, -0.25) is 4.79 Å². The molecule has 0 aliphatic heterocycles. The average molecular weight is 289 g/mol. The Kier molecular flexibility index (Phi) is 5.77. The summed E-state index contributed by atoms with van der Waals surface area (Å²) in [4.78, 5) is 12.0. The van der Waals surface area contributed by atoms with Crippen LogP contribution in [-0.2, 0) is 0 Å². The van der Waals surface area contributed by atoms with Crippen molar-refractivity contribution in [1.82, 2.24) is 5.32 Å². The fraction of sp³-hybridized carbons (Fsp3) is 0.471. The molecule has 0 bridgehead atoms. The van der Waals surface area contributed by atoms with Gasteiger partial charge in [-0.25, -0.2) is 4.39 Å². The zero-order valence-electron chi connectivity index (χ0n) is 12.0. The third kappa shape index (κ3) is 4.57. The van der Waals surface area contributed by atoms with E-state index in [0.717, 1.165) is 12.8 Å². The maximum Gasteiger partial charge on any atom is 0.251 e. The number of aliphatic hydroxyl groups is 1. The lowest BCUT2D eigenvalue weighted by Crippen LogP contribution is -2.28. The lowest BCUT2D eigenvalue weighted by Gasteiger charge is -2.10. The zero-order valence-corrected chi connectivity index (χ0v) is 12.0. The molecule has 21 heavy (non-hydrogen) atoms. The van der Waals surface area contributed by atoms with Crippen molar-refractivity contribution in [2.75, 3.05) is 13.2 Å². The molecule has 1 aliphatic rings. The predicted octanol–water partition coefficient (Wildman–Crippen LogP) is 2.48. The maximum atomic E-state index is 13.8. The van der Waals surface area contributed by atoms with Crippen molar-refractivity contribution in [3.63, 3.8) is 0 Å². The van der Waals surface area contributed by atoms with Crippen LogP contribution in [0.15, 0.2) is 18.2 Å². The van der Waals surface area contributed by atoms with E-state index in [9.17, 15) is 9.18 Å². The molecule has 2 rings (SSSR count). The van der Waals surface area contributed by atoms with E-state index in [0.29, 0.717) is 24.4 Å². The summed E-state index contributed by atoms with van der Waals surface area (Å²) in [5.74, 6) is 5.11. The quantitative estimate of drug-likeness (QED) is 0.837. The molecule has 1 fully saturated rings. The minimum Gasteiger partial charge on any atom is -0.395 e. The van der Waals surface area contributed by atoms with Crippen molar-refractivity contribution in [2.24, 2.45) is 5.92 Å². The number of hydrogen-bond donors (Lipinski definition) is 2. The molecule has 1 amide bonds. The second-order valence-electron chi connectivity index (χ2n) is 5.33. The van der Waals surface area contributed by atoms with Crippen molar-refractivity contribution >= 4 is 5.91 Å². The molecule has 4 heteroatoms. The number of hydrogen-bond acceptors (Lipinski definition) is 2. The number of aliphatic hydroxyl groups excluding tert-OH is 1. The topological polar surface area (TPSA) is 49.3 Å². The Morgan fingerprint density at radius 2 is 2.14 bits per heavy atom. The number of halogens is 1. The lowest BCUT2D eigenvalue weighted by atomic mass is 10.1. The molecule has 1 aromatic carbocycles. The normalized spacial score (nSPS) is 14.6. The van der Waals surface area contributed by atoms with Crippen LogP contribution in [0.1, 0.15) is 48.0 Å². The molecule has 1 aliphatic carbocycles. The van der Waals surface area contributed by atoms with Crippen molar-refractivity contribution in [3.05, 3.63) is 35.1 Å². The van der Waals surface area contributed by atoms with Gasteiger partial charge >= 0.3 is 0 Å². The van der Waals surface area contributed by atoms with E-state index in [-0.39, 0.29) is 18.1 Å². The number of amides is 1. The molecule has 0 aromatic heterocycles. The standard InChI is InChI=1S/C17H20FNO2/c18-16-11-15(9-8-14(16)7-3-4-10-20)17(21)19-12-13-5-1-2-6-13/h8-9,11,13,20H,1-2,4-6,10,12H2,(H,19,21). The SMILES string of the molecule is O=C(NCC1CCCC1)c1ccc(C#CCCO)c(F)c1. The Morgan fingerprint density at radius 3 is 2.81 bits per heavy atom. The van der Waals surface area contributed by atoms with E-state index in [1.165, 1.54) is 25.0 Å². The van der Waals surface area contributed by atoms with E-state index in [2.05, 4.69) is 17.2 Å². The number of carbonyl (C=O) groups excluding carboxylic acids is 1. The van der Waals surface area contributed by atoms with Gasteiger partial charge in [-0.05, 0) is 37.0 Å². The fourth-order valence-corrected chi connectivity index (χ4v) is 2.52. The van der Waals surface area contributed by atoms with Crippen molar-refractivity contribution in [1.29, 1.82) is 0 Å². The van der Waals surface area contributed by atoms with E-state index >= 15 is 0 Å². The largest absolute Gasteiger partial charge is 0.395 e. The van der Waals surface area contributed by atoms with Crippen LogP contribution in [0.2, 0.25) is 0 Å². The second kappa shape index (κ2) is 7.80. The van der Waals surface area contributed by atoms with Crippen LogP contribution in [0.5, 0.6) is 0 Å². The van der Waals surface area contributed by atoms with Gasteiger partial charge in [-0.15, -0.1) is 0 Å². The summed E-state index contributed by atoms with van der Waals surface area (Å²) < 4.78 is 13.8. The van der Waals surface area contributed by atoms with Crippen LogP contribution in [0.4, 0.5) is 4.39 Å². The highest BCUT2D eigenvalue weighted by molar-refractivity contribution is 5.94. The summed E-state index contributed by atoms with van der Waals surface area (Å²) in [6.07, 6.45) is 5.10. The predicted molar refractivity (Wildman–Crippen MR) is 79.3 cm³/mol. The minimum atomic E-state index is -0.506. The molecule has 1 saturated carbocycles. The van der Waals surface area contributed by atoms with E-state index in [1.807, 2.05) is 0 Å². The molecule has 2 N–H and O–H groups in total. The van der Waals surface area contributed by atoms with Gasteiger partial charge in [0.15, 0.2) is 0 Å². The monoisotopic (exact) mass is 289 g/mol. The van der Waals surface area contributed by atoms with Crippen molar-refractivity contribution in [2.45, 2.75) is 32.1 Å². The Morgan fingerprint density at radius 1 is 1.38 bits per heavy atom. The summed E-state index contributed by atoms with van der Waals surface area (Å²) in [6, 6.07) is 4.30. The molecule has 0 heterocycles. The van der Waals surface area contributed by atoms with Crippen LogP contribution in [0.3, 0.4) is 0 Å². The highest BCUT2D eigenvalue weighted by Gasteiger charge is 2.16. The van der Waals surface area contributed by atoms with Crippen LogP contribution >= 0.6 is 0 Å². The molecular formula is C17H20FNO2. The average Bonchev–Trinajstić information content (AvgIpc) is 3.00.